The van der Waals surface area contributed by atoms with Crippen molar-refractivity contribution in [2.75, 3.05) is 18.6 Å². The fraction of sp³-hybridized carbons (Fsp3) is 0.833. The zero-order valence-corrected chi connectivity index (χ0v) is 7.04. The van der Waals surface area contributed by atoms with Crippen LogP contribution in [0, 0.1) is 0 Å². The topological polar surface area (TPSA) is 55.1 Å². The number of nitrogens with two attached hydrogens (primary N) is 1. The zero-order chi connectivity index (χ0) is 7.82. The summed E-state index contributed by atoms with van der Waals surface area (Å²) in [5, 5.41) is 2.53. The predicted molar refractivity (Wildman–Crippen MR) is 45.2 cm³/mol. The van der Waals surface area contributed by atoms with Crippen LogP contribution in [-0.4, -0.2) is 24.6 Å². The Kier molecular flexibility index (Phi) is 6.48. The normalized spacial score (nSPS) is 9.30. The molecule has 2 amide bonds. The molecule has 0 fully saturated rings. The number of carbonyl (C=O) groups excluding carboxylic acids is 1. The van der Waals surface area contributed by atoms with E-state index >= 15 is 0 Å². The van der Waals surface area contributed by atoms with Gasteiger partial charge in [0, 0.05) is 6.54 Å². The summed E-state index contributed by atoms with van der Waals surface area (Å²) in [6, 6.07) is -0.427. The summed E-state index contributed by atoms with van der Waals surface area (Å²) < 4.78 is 0. The maximum Gasteiger partial charge on any atom is 0.312 e. The Bertz CT molecular complexity index is 97.7. The van der Waals surface area contributed by atoms with E-state index in [9.17, 15) is 4.79 Å². The molecule has 0 aromatic rings. The lowest BCUT2D eigenvalue weighted by Crippen LogP contribution is -2.30. The molecule has 0 radical (unpaired) electrons. The molecule has 10 heavy (non-hydrogen) atoms. The summed E-state index contributed by atoms with van der Waals surface area (Å²) in [7, 11) is 0. The van der Waals surface area contributed by atoms with Gasteiger partial charge in [-0.1, -0.05) is 0 Å². The number of rotatable bonds is 5. The first-order valence-corrected chi connectivity index (χ1v) is 4.69. The third-order valence-electron chi connectivity index (χ3n) is 1.07. The van der Waals surface area contributed by atoms with Gasteiger partial charge in [0.2, 0.25) is 0 Å². The van der Waals surface area contributed by atoms with Crippen molar-refractivity contribution in [3.8, 4) is 0 Å². The third kappa shape index (κ3) is 7.62. The third-order valence-corrected chi connectivity index (χ3v) is 1.77. The van der Waals surface area contributed by atoms with Crippen LogP contribution in [0.3, 0.4) is 0 Å². The lowest BCUT2D eigenvalue weighted by Gasteiger charge is -1.99. The molecule has 4 heteroatoms. The van der Waals surface area contributed by atoms with E-state index in [1.54, 1.807) is 0 Å². The van der Waals surface area contributed by atoms with Crippen LogP contribution in [0.25, 0.3) is 0 Å². The Hall–Kier alpha value is -0.380. The second kappa shape index (κ2) is 6.74. The fourth-order valence-corrected chi connectivity index (χ4v) is 1.08. The number of thioether (sulfide) groups is 1. The van der Waals surface area contributed by atoms with Crippen LogP contribution in [0.2, 0.25) is 0 Å². The van der Waals surface area contributed by atoms with E-state index in [1.807, 2.05) is 11.8 Å². The molecule has 0 bridgehead atoms. The number of hydrogen-bond acceptors (Lipinski definition) is 2. The largest absolute Gasteiger partial charge is 0.352 e. The lowest BCUT2D eigenvalue weighted by atomic mass is 10.3. The van der Waals surface area contributed by atoms with Crippen LogP contribution in [0.5, 0.6) is 0 Å². The van der Waals surface area contributed by atoms with E-state index in [-0.39, 0.29) is 0 Å². The van der Waals surface area contributed by atoms with Crippen molar-refractivity contribution in [3.05, 3.63) is 0 Å². The Balaban J connectivity index is 2.84. The molecule has 3 N–H and O–H groups in total. The van der Waals surface area contributed by atoms with Crippen LogP contribution >= 0.6 is 11.8 Å². The minimum atomic E-state index is -0.427. The Morgan fingerprint density at radius 3 is 2.80 bits per heavy atom. The number of urea groups is 1. The molecule has 0 aliphatic carbocycles. The minimum absolute atomic E-state index is 0.427. The van der Waals surface area contributed by atoms with Crippen molar-refractivity contribution < 1.29 is 4.79 Å². The van der Waals surface area contributed by atoms with E-state index < -0.39 is 6.03 Å². The van der Waals surface area contributed by atoms with Gasteiger partial charge in [0.15, 0.2) is 0 Å². The number of hydrogen-bond donors (Lipinski definition) is 2. The van der Waals surface area contributed by atoms with Crippen molar-refractivity contribution in [2.45, 2.75) is 12.8 Å². The molecule has 0 aromatic carbocycles. The van der Waals surface area contributed by atoms with Crippen molar-refractivity contribution >= 4 is 17.8 Å². The molecular weight excluding hydrogens is 148 g/mol. The van der Waals surface area contributed by atoms with Gasteiger partial charge in [-0.25, -0.2) is 4.79 Å². The van der Waals surface area contributed by atoms with E-state index in [0.29, 0.717) is 6.54 Å². The quantitative estimate of drug-likeness (QED) is 0.587. The predicted octanol–water partition coefficient (Wildman–Crippen LogP) is 0.798. The van der Waals surface area contributed by atoms with Gasteiger partial charge in [-0.15, -0.1) is 0 Å². The fourth-order valence-electron chi connectivity index (χ4n) is 0.583. The highest BCUT2D eigenvalue weighted by Gasteiger charge is 1.89. The highest BCUT2D eigenvalue weighted by molar-refractivity contribution is 7.98. The Morgan fingerprint density at radius 1 is 1.60 bits per heavy atom. The van der Waals surface area contributed by atoms with Gasteiger partial charge in [-0.3, -0.25) is 0 Å². The number of nitrogens with one attached hydrogen (secondary N) is 1. The van der Waals surface area contributed by atoms with Gasteiger partial charge in [-0.2, -0.15) is 11.8 Å². The van der Waals surface area contributed by atoms with Crippen molar-refractivity contribution in [2.24, 2.45) is 5.73 Å². The lowest BCUT2D eigenvalue weighted by molar-refractivity contribution is 0.249. The minimum Gasteiger partial charge on any atom is -0.352 e. The van der Waals surface area contributed by atoms with Crippen LogP contribution < -0.4 is 11.1 Å². The smallest absolute Gasteiger partial charge is 0.312 e. The van der Waals surface area contributed by atoms with E-state index in [0.717, 1.165) is 18.6 Å². The van der Waals surface area contributed by atoms with Crippen LogP contribution in [0.4, 0.5) is 4.79 Å². The van der Waals surface area contributed by atoms with Crippen molar-refractivity contribution in [1.82, 2.24) is 5.32 Å². The molecule has 0 atom stereocenters. The van der Waals surface area contributed by atoms with E-state index in [2.05, 4.69) is 11.6 Å². The molecule has 0 saturated heterocycles. The Labute approximate surface area is 65.7 Å². The summed E-state index contributed by atoms with van der Waals surface area (Å²) in [5.41, 5.74) is 4.85. The summed E-state index contributed by atoms with van der Waals surface area (Å²) in [5.74, 6) is 1.15. The summed E-state index contributed by atoms with van der Waals surface area (Å²) in [4.78, 5) is 10.1. The molecule has 0 heterocycles. The molecule has 3 nitrogen and oxygen atoms in total. The average molecular weight is 162 g/mol. The zero-order valence-electron chi connectivity index (χ0n) is 6.22. The first-order valence-electron chi connectivity index (χ1n) is 3.29. The second-order valence-electron chi connectivity index (χ2n) is 1.99. The standard InChI is InChI=1S/C6H14N2OS/c1-10-5-3-2-4-8-6(7)9/h2-5H2,1H3,(H3,7,8,9). The maximum absolute atomic E-state index is 10.1. The van der Waals surface area contributed by atoms with Crippen molar-refractivity contribution in [3.63, 3.8) is 0 Å². The van der Waals surface area contributed by atoms with E-state index in [4.69, 9.17) is 5.73 Å². The molecule has 0 rings (SSSR count). The van der Waals surface area contributed by atoms with Crippen LogP contribution in [0.1, 0.15) is 12.8 Å². The van der Waals surface area contributed by atoms with Gasteiger partial charge in [0.25, 0.3) is 0 Å². The molecule has 0 aromatic heterocycles. The first-order chi connectivity index (χ1) is 4.77. The number of unbranched alkanes of at least 4 members (excludes halogenated alkanes) is 1. The Morgan fingerprint density at radius 2 is 2.30 bits per heavy atom. The van der Waals surface area contributed by atoms with Crippen LogP contribution in [0.15, 0.2) is 0 Å². The maximum atomic E-state index is 10.1. The second-order valence-corrected chi connectivity index (χ2v) is 2.98. The highest BCUT2D eigenvalue weighted by atomic mass is 32.2. The number of carbonyl (C=O) groups is 1. The molecule has 0 spiro atoms. The summed E-state index contributed by atoms with van der Waals surface area (Å²) >= 11 is 1.82. The molecule has 0 aliphatic rings. The van der Waals surface area contributed by atoms with Gasteiger partial charge < -0.3 is 11.1 Å². The average Bonchev–Trinajstić information content (AvgIpc) is 1.87. The van der Waals surface area contributed by atoms with Crippen LogP contribution in [-0.2, 0) is 0 Å². The van der Waals surface area contributed by atoms with Gasteiger partial charge >= 0.3 is 6.03 Å². The molecular formula is C6H14N2OS. The summed E-state index contributed by atoms with van der Waals surface area (Å²) in [6.07, 6.45) is 4.23. The summed E-state index contributed by atoms with van der Waals surface area (Å²) in [6.45, 7) is 0.704. The molecule has 0 saturated carbocycles. The van der Waals surface area contributed by atoms with Gasteiger partial charge in [0.05, 0.1) is 0 Å². The number of amides is 2. The SMILES string of the molecule is CSCCCCNC(N)=O. The first kappa shape index (κ1) is 9.62. The molecule has 0 unspecified atom stereocenters. The van der Waals surface area contributed by atoms with Gasteiger partial charge in [0.1, 0.15) is 0 Å². The van der Waals surface area contributed by atoms with E-state index in [1.165, 1.54) is 0 Å². The molecule has 0 aliphatic heterocycles. The van der Waals surface area contributed by atoms with Crippen molar-refractivity contribution in [1.29, 1.82) is 0 Å². The monoisotopic (exact) mass is 162 g/mol. The number of primary amides is 1. The highest BCUT2D eigenvalue weighted by Crippen LogP contribution is 1.97. The molecule has 60 valence electrons. The van der Waals surface area contributed by atoms with Gasteiger partial charge in [-0.05, 0) is 24.9 Å².